The van der Waals surface area contributed by atoms with E-state index in [1.807, 2.05) is 0 Å². The van der Waals surface area contributed by atoms with Crippen molar-refractivity contribution >= 4 is 180 Å². The van der Waals surface area contributed by atoms with E-state index in [0.29, 0.717) is 74.4 Å². The Labute approximate surface area is 879 Å². The number of thioether (sulfide) groups is 1. The average molecular weight is 2150 g/mol. The highest BCUT2D eigenvalue weighted by molar-refractivity contribution is 8.76. The monoisotopic (exact) mass is 2150 g/mol. The van der Waals surface area contributed by atoms with Gasteiger partial charge in [0.15, 0.2) is 0 Å². The summed E-state index contributed by atoms with van der Waals surface area (Å²) in [7, 11) is 1.40. The third-order valence-corrected chi connectivity index (χ3v) is 27.9. The Morgan fingerprint density at radius 1 is 0.587 bits per heavy atom. The van der Waals surface area contributed by atoms with E-state index in [1.54, 1.807) is 113 Å². The normalized spacial score (nSPS) is 20.5. The molecule has 48 nitrogen and oxygen atoms in total. The van der Waals surface area contributed by atoms with Crippen molar-refractivity contribution in [2.24, 2.45) is 35.1 Å². The van der Waals surface area contributed by atoms with Gasteiger partial charge in [-0.1, -0.05) is 138 Å². The molecule has 150 heavy (non-hydrogen) atoms. The summed E-state index contributed by atoms with van der Waals surface area (Å²) in [6, 6.07) is -4.09. The van der Waals surface area contributed by atoms with Crippen LogP contribution < -0.4 is 96.5 Å². The van der Waals surface area contributed by atoms with Gasteiger partial charge in [0.2, 0.25) is 124 Å². The van der Waals surface area contributed by atoms with Gasteiger partial charge in [-0.2, -0.15) is 11.8 Å². The number of fused-ring (bicyclic) bond motifs is 2. The van der Waals surface area contributed by atoms with Crippen LogP contribution in [-0.4, -0.2) is 318 Å². The number of unbranched alkanes of at least 4 members (excludes halogenated alkanes) is 1. The summed E-state index contributed by atoms with van der Waals surface area (Å²) in [6.07, 6.45) is 1.88. The number of aliphatic hydroxyl groups excluding tert-OH is 1. The molecule has 8 rings (SSSR count). The van der Waals surface area contributed by atoms with Crippen molar-refractivity contribution in [3.63, 3.8) is 0 Å². The lowest BCUT2D eigenvalue weighted by Gasteiger charge is -2.32. The zero-order chi connectivity index (χ0) is 110. The summed E-state index contributed by atoms with van der Waals surface area (Å²) < 4.78 is 5.43. The van der Waals surface area contributed by atoms with Crippen LogP contribution in [-0.2, 0) is 136 Å². The second-order valence-corrected chi connectivity index (χ2v) is 41.9. The minimum Gasteiger partial charge on any atom is -0.481 e. The molecule has 16 atom stereocenters. The van der Waals surface area contributed by atoms with Gasteiger partial charge in [0, 0.05) is 105 Å². The summed E-state index contributed by atoms with van der Waals surface area (Å²) in [6.45, 7) is 13.9. The number of primary amides is 2. The number of carboxylic acid groups (broad SMARTS) is 1. The first-order valence-corrected chi connectivity index (χ1v) is 53.4. The molecule has 21 amide bonds. The maximum absolute atomic E-state index is 15.7. The van der Waals surface area contributed by atoms with E-state index >= 15 is 43.2 Å². The largest absolute Gasteiger partial charge is 0.481 e. The number of rotatable bonds is 46. The Morgan fingerprint density at radius 2 is 1.19 bits per heavy atom. The number of hydrogen-bond acceptors (Lipinski definition) is 28. The maximum atomic E-state index is 15.7. The van der Waals surface area contributed by atoms with Crippen LogP contribution in [0, 0.1) is 23.7 Å². The molecule has 3 aliphatic heterocycles. The molecule has 2 aromatic heterocycles. The van der Waals surface area contributed by atoms with Crippen molar-refractivity contribution in [1.82, 2.24) is 105 Å². The fourth-order valence-electron chi connectivity index (χ4n) is 16.5. The van der Waals surface area contributed by atoms with Crippen molar-refractivity contribution in [2.45, 2.75) is 262 Å². The number of β-lactam (4-membered cyclic amide) rings is 1. The Hall–Kier alpha value is -14.1. The lowest BCUT2D eigenvalue weighted by Crippen LogP contribution is -2.63. The molecule has 24 N–H and O–H groups in total. The van der Waals surface area contributed by atoms with E-state index in [-0.39, 0.29) is 100 Å². The van der Waals surface area contributed by atoms with Gasteiger partial charge in [-0.15, -0.1) is 0 Å². The van der Waals surface area contributed by atoms with Crippen molar-refractivity contribution in [3.8, 4) is 0 Å². The van der Waals surface area contributed by atoms with Crippen molar-refractivity contribution in [2.75, 3.05) is 61.7 Å². The number of ether oxygens (including phenoxy) is 1. The summed E-state index contributed by atoms with van der Waals surface area (Å²) in [4.78, 5) is 326. The lowest BCUT2D eigenvalue weighted by atomic mass is 9.99. The fraction of sp³-hybridized carbons (Fsp3) is 0.545. The minimum absolute atomic E-state index is 0.00795. The number of carbonyl (C=O) groups excluding carboxylic acids is 21. The van der Waals surface area contributed by atoms with E-state index < -0.39 is 277 Å². The number of aromatic nitrogens is 3. The summed E-state index contributed by atoms with van der Waals surface area (Å²) in [5.41, 5.74) is 14.3. The number of para-hydroxylation sites is 1. The van der Waals surface area contributed by atoms with Gasteiger partial charge in [0.1, 0.15) is 104 Å². The summed E-state index contributed by atoms with van der Waals surface area (Å²) in [5, 5.41) is 63.7. The number of nitrogens with two attached hydrogens (primary N) is 2. The third kappa shape index (κ3) is 38.5. The number of hydrogen-bond donors (Lipinski definition) is 22. The third-order valence-electron chi connectivity index (χ3n) is 24.8. The first-order chi connectivity index (χ1) is 71.2. The van der Waals surface area contributed by atoms with Gasteiger partial charge in [0.25, 0.3) is 0 Å². The number of carbonyl (C=O) groups is 22. The molecular weight excluding hydrogens is 2010 g/mol. The van der Waals surface area contributed by atoms with Crippen molar-refractivity contribution in [1.29, 1.82) is 0 Å². The van der Waals surface area contributed by atoms with E-state index in [4.69, 9.17) is 16.2 Å². The van der Waals surface area contributed by atoms with Crippen LogP contribution in [0.3, 0.4) is 0 Å². The molecule has 0 saturated carbocycles. The van der Waals surface area contributed by atoms with Crippen LogP contribution in [0.15, 0.2) is 97.6 Å². The smallest absolute Gasteiger partial charge is 0.305 e. The summed E-state index contributed by atoms with van der Waals surface area (Å²) in [5.74, 6) is -25.5. The molecule has 3 aromatic carbocycles. The number of carboxylic acids is 1. The number of aliphatic hydroxyl groups is 1. The maximum Gasteiger partial charge on any atom is 0.305 e. The predicted molar refractivity (Wildman–Crippen MR) is 553 cm³/mol. The number of imide groups is 1. The van der Waals surface area contributed by atoms with Gasteiger partial charge in [0.05, 0.1) is 25.3 Å². The van der Waals surface area contributed by atoms with Gasteiger partial charge in [-0.25, -0.2) is 4.98 Å². The molecule has 51 heteroatoms. The van der Waals surface area contributed by atoms with Gasteiger partial charge >= 0.3 is 5.97 Å². The van der Waals surface area contributed by atoms with Crippen molar-refractivity contribution in [3.05, 3.63) is 120 Å². The first-order valence-electron chi connectivity index (χ1n) is 49.5. The highest BCUT2D eigenvalue weighted by atomic mass is 33.1. The van der Waals surface area contributed by atoms with E-state index in [9.17, 15) is 72.5 Å². The van der Waals surface area contributed by atoms with Gasteiger partial charge in [-0.05, 0) is 129 Å². The molecule has 3 saturated heterocycles. The van der Waals surface area contributed by atoms with Gasteiger partial charge < -0.3 is 126 Å². The lowest BCUT2D eigenvalue weighted by molar-refractivity contribution is -0.152. The molecule has 0 bridgehead atoms. The number of aromatic amines is 2. The zero-order valence-electron chi connectivity index (χ0n) is 85.6. The molecule has 5 heterocycles. The number of aliphatic carboxylic acids is 1. The standard InChI is InChI=1S/C99H139N23O25S3/c1-51(2)38-71-99(146)121-35-19-25-74(121)94(141)113-68(41-61-45-102-50-105-61)88(135)115-72(92(139)109-65(24-17-18-34-103-56(10)124)86(133)117-81(52(3)4)95(142)108-64(85(101)132)33-37-148-11)48-149-150-49-73(93(140)111-69(42-75(100)125)89(136)110-67(40-59-44-104-63-23-16-15-22-62(59)63)90(137)119-83(54(7)8)97(144)120-84(55(9)123)98(145)114-71)116-96(143)82(53(5)6)118-91(138)70(43-80(130)131)112-87(134)66(39-58-20-13-12-14-21-58)107-77(127)47-147-46-76(126)106-60-29-26-57(27-30-60)28-31-78(128)122-36-32-79(122)129/h12-16,20-23,26-27,29-30,44-45,50-55,64-74,81-84,104,123H,17-19,24-25,28,31-43,46-49H2,1-11H3,(H2,100,125)(H2,101,132)(H,102,105)(H,103,124)(H,106,126)(H,107,127)(H,108,142)(H,109,139)(H,110,136)(H,111,140)(H,112,134)(H,113,141)(H,114,145)(H,115,135)(H,116,143)(H,117,133)(H,118,138)(H,119,137)(H,120,144)(H,130,131)/t55-,64+,65+,66+,67+,68+,69+,70+,71+,72+,73+,74+,81+,82+,83+,84+/m1/s1. The fourth-order valence-corrected chi connectivity index (χ4v) is 19.3. The quantitative estimate of drug-likeness (QED) is 0.0111. The highest BCUT2D eigenvalue weighted by Crippen LogP contribution is 2.28. The number of amides is 21. The SMILES string of the molecule is CSCC[C@H](NC(=O)[C@@H](NC(=O)[C@H](CCCCNC(C)=O)NC(=O)[C@@H]1CSSC[C@H](NC(=O)[C@@H](NC(=O)[C@H](CC(=O)O)NC(=O)[C@H](Cc2ccccc2)NC(=O)COCC(=O)Nc2ccc(CCC(=O)N3CCC3=O)cc2)C(C)C)C(=O)N[C@@H](CC(N)=O)C(=O)N[C@@H](Cc2c[nH]c3ccccc23)C(=O)N[C@@H](C(C)C)C(=O)N[C@@H]([C@@H](C)O)C(=O)N[C@@H](CC(C)C)C(=O)N2CCC[C@H]2C(=O)N[C@@H](Cc2cnc[nH]2)C(=O)N1)C(C)C)C(N)=O. The highest BCUT2D eigenvalue weighted by Gasteiger charge is 2.45. The first kappa shape index (κ1) is 121. The predicted octanol–water partition coefficient (Wildman–Crippen LogP) is -2.27. The second kappa shape index (κ2) is 59.9. The van der Waals surface area contributed by atoms with E-state index in [2.05, 4.69) is 100 Å². The Morgan fingerprint density at radius 3 is 1.81 bits per heavy atom. The molecule has 3 aliphatic rings. The number of benzene rings is 3. The molecule has 0 aliphatic carbocycles. The molecule has 818 valence electrons. The van der Waals surface area contributed by atoms with Crippen LogP contribution in [0.4, 0.5) is 5.69 Å². The number of nitrogens with zero attached hydrogens (tertiary/aromatic N) is 3. The number of likely N-dealkylation sites (tertiary alicyclic amines) is 1. The molecule has 0 spiro atoms. The van der Waals surface area contributed by atoms with Crippen molar-refractivity contribution < 1.29 is 120 Å². The molecule has 3 fully saturated rings. The Bertz CT molecular complexity index is 5580. The second-order valence-electron chi connectivity index (χ2n) is 38.4. The van der Waals surface area contributed by atoms with Crippen LogP contribution >= 0.6 is 33.3 Å². The molecule has 0 unspecified atom stereocenters. The van der Waals surface area contributed by atoms with Crippen LogP contribution in [0.25, 0.3) is 10.9 Å². The molecule has 0 radical (unpaired) electrons. The number of aryl methyl sites for hydroxylation is 1. The number of imidazole rings is 1. The van der Waals surface area contributed by atoms with Crippen LogP contribution in [0.1, 0.15) is 162 Å². The zero-order valence-corrected chi connectivity index (χ0v) is 88.0. The number of H-pyrrole nitrogens is 2. The molecular formula is C99H139N23O25S3. The summed E-state index contributed by atoms with van der Waals surface area (Å²) >= 11 is 1.37. The number of anilines is 1. The minimum atomic E-state index is -2.11. The van der Waals surface area contributed by atoms with Crippen LogP contribution in [0.2, 0.25) is 0 Å². The average Bonchev–Trinajstić information content (AvgIpc) is 1.65. The number of nitrogens with one attached hydrogen (secondary N) is 18. The van der Waals surface area contributed by atoms with Gasteiger partial charge in [-0.3, -0.25) is 110 Å². The topological polar surface area (TPSA) is 721 Å². The van der Waals surface area contributed by atoms with Crippen LogP contribution in [0.5, 0.6) is 0 Å². The Balaban J connectivity index is 1.18. The van der Waals surface area contributed by atoms with E-state index in [1.165, 1.54) is 81.8 Å². The van der Waals surface area contributed by atoms with E-state index in [0.717, 1.165) is 5.56 Å². The molecule has 5 aromatic rings. The Kier molecular flexibility index (Phi) is 48.4.